The van der Waals surface area contributed by atoms with E-state index in [1.807, 2.05) is 23.1 Å². The zero-order valence-electron chi connectivity index (χ0n) is 14.9. The van der Waals surface area contributed by atoms with Crippen LogP contribution < -0.4 is 5.32 Å². The van der Waals surface area contributed by atoms with Crippen molar-refractivity contribution < 1.29 is 13.6 Å². The van der Waals surface area contributed by atoms with E-state index in [0.29, 0.717) is 6.04 Å². The van der Waals surface area contributed by atoms with E-state index < -0.39 is 12.5 Å². The lowest BCUT2D eigenvalue weighted by atomic mass is 10.0. The number of anilines is 1. The number of carbonyl (C=O) groups is 1. The number of halogens is 2. The van der Waals surface area contributed by atoms with Crippen LogP contribution in [0.15, 0.2) is 48.8 Å². The molecule has 1 aromatic carbocycles. The summed E-state index contributed by atoms with van der Waals surface area (Å²) in [4.78, 5) is 19.7. The first-order valence-corrected chi connectivity index (χ1v) is 9.19. The second-order valence-corrected chi connectivity index (χ2v) is 7.17. The van der Waals surface area contributed by atoms with Gasteiger partial charge >= 0.3 is 0 Å². The van der Waals surface area contributed by atoms with Crippen LogP contribution in [0.5, 0.6) is 0 Å². The van der Waals surface area contributed by atoms with E-state index in [1.165, 1.54) is 6.20 Å². The van der Waals surface area contributed by atoms with Crippen LogP contribution in [0.1, 0.15) is 12.8 Å². The van der Waals surface area contributed by atoms with Gasteiger partial charge in [0.25, 0.3) is 5.92 Å². The van der Waals surface area contributed by atoms with E-state index in [-0.39, 0.29) is 12.5 Å². The summed E-state index contributed by atoms with van der Waals surface area (Å²) in [7, 11) is 0. The van der Waals surface area contributed by atoms with Gasteiger partial charge in [-0.25, -0.2) is 0 Å². The molecule has 1 fully saturated rings. The van der Waals surface area contributed by atoms with Gasteiger partial charge < -0.3 is 10.2 Å². The van der Waals surface area contributed by atoms with E-state index in [1.54, 1.807) is 6.20 Å². The normalized spacial score (nSPS) is 20.3. The van der Waals surface area contributed by atoms with Gasteiger partial charge in [0, 0.05) is 48.7 Å². The highest BCUT2D eigenvalue weighted by molar-refractivity contribution is 5.91. The van der Waals surface area contributed by atoms with Gasteiger partial charge in [-0.3, -0.25) is 14.7 Å². The Morgan fingerprint density at radius 3 is 2.78 bits per heavy atom. The number of hydrogen-bond acceptors (Lipinski definition) is 4. The topological polar surface area (TPSA) is 48.5 Å². The number of piperidine rings is 1. The molecule has 3 heterocycles. The maximum atomic E-state index is 13.2. The maximum absolute atomic E-state index is 13.2. The molecule has 0 radical (unpaired) electrons. The average molecular weight is 372 g/mol. The molecular weight excluding hydrogens is 350 g/mol. The highest BCUT2D eigenvalue weighted by Gasteiger charge is 2.35. The van der Waals surface area contributed by atoms with Gasteiger partial charge in [0.1, 0.15) is 0 Å². The third-order valence-corrected chi connectivity index (χ3v) is 5.15. The number of alkyl halides is 2. The lowest BCUT2D eigenvalue weighted by molar-refractivity contribution is -0.131. The predicted molar refractivity (Wildman–Crippen MR) is 101 cm³/mol. The van der Waals surface area contributed by atoms with Crippen LogP contribution >= 0.6 is 0 Å². The van der Waals surface area contributed by atoms with Crippen LogP contribution in [-0.4, -0.2) is 58.8 Å². The van der Waals surface area contributed by atoms with Gasteiger partial charge in [-0.15, -0.1) is 0 Å². The fourth-order valence-corrected chi connectivity index (χ4v) is 3.67. The number of rotatable bonds is 4. The molecular formula is C20H22F2N4O. The lowest BCUT2D eigenvalue weighted by Gasteiger charge is -2.33. The molecule has 5 nitrogen and oxygen atoms in total. The Morgan fingerprint density at radius 1 is 1.22 bits per heavy atom. The number of benzene rings is 1. The molecule has 2 aliphatic rings. The van der Waals surface area contributed by atoms with Crippen molar-refractivity contribution >= 4 is 22.5 Å². The Bertz CT molecular complexity index is 857. The average Bonchev–Trinajstić information content (AvgIpc) is 3.04. The van der Waals surface area contributed by atoms with E-state index in [4.69, 9.17) is 0 Å². The zero-order valence-corrected chi connectivity index (χ0v) is 14.9. The summed E-state index contributed by atoms with van der Waals surface area (Å²) in [6.45, 7) is 1.17. The van der Waals surface area contributed by atoms with Crippen molar-refractivity contribution in [3.8, 4) is 0 Å². The number of fused-ring (bicyclic) bond motifs is 1. The number of pyridine rings is 1. The lowest BCUT2D eigenvalue weighted by Crippen LogP contribution is -2.44. The van der Waals surface area contributed by atoms with E-state index in [2.05, 4.69) is 22.4 Å². The molecule has 7 heteroatoms. The van der Waals surface area contributed by atoms with Crippen LogP contribution in [0, 0.1) is 0 Å². The smallest absolute Gasteiger partial charge is 0.285 e. The number of carbonyl (C=O) groups excluding carboxylic acids is 1. The molecule has 1 N–H and O–H groups in total. The molecule has 142 valence electrons. The third kappa shape index (κ3) is 4.08. The van der Waals surface area contributed by atoms with Gasteiger partial charge in [0.2, 0.25) is 5.91 Å². The summed E-state index contributed by atoms with van der Waals surface area (Å²) in [5.74, 6) is -3.17. The quantitative estimate of drug-likeness (QED) is 0.896. The molecule has 1 saturated heterocycles. The van der Waals surface area contributed by atoms with Gasteiger partial charge in [0.05, 0.1) is 18.6 Å². The van der Waals surface area contributed by atoms with Crippen LogP contribution in [0.25, 0.3) is 10.9 Å². The number of likely N-dealkylation sites (tertiary alicyclic amines) is 1. The van der Waals surface area contributed by atoms with E-state index in [9.17, 15) is 13.6 Å². The Kier molecular flexibility index (Phi) is 4.78. The molecule has 27 heavy (non-hydrogen) atoms. The molecule has 0 saturated carbocycles. The minimum atomic E-state index is -2.90. The van der Waals surface area contributed by atoms with Gasteiger partial charge in [0.15, 0.2) is 0 Å². The zero-order chi connectivity index (χ0) is 18.9. The number of nitrogens with one attached hydrogen (secondary N) is 1. The largest absolute Gasteiger partial charge is 0.382 e. The van der Waals surface area contributed by atoms with Crippen molar-refractivity contribution in [2.45, 2.75) is 24.8 Å². The summed E-state index contributed by atoms with van der Waals surface area (Å²) in [5, 5.41) is 4.69. The molecule has 0 unspecified atom stereocenters. The fourth-order valence-electron chi connectivity index (χ4n) is 3.67. The van der Waals surface area contributed by atoms with Crippen LogP contribution in [0.4, 0.5) is 14.5 Å². The van der Waals surface area contributed by atoms with Crippen molar-refractivity contribution in [3.05, 3.63) is 48.8 Å². The summed E-state index contributed by atoms with van der Waals surface area (Å²) < 4.78 is 26.4. The van der Waals surface area contributed by atoms with E-state index >= 15 is 0 Å². The number of hydrogen-bond donors (Lipinski definition) is 1. The minimum absolute atomic E-state index is 0.186. The van der Waals surface area contributed by atoms with Crippen molar-refractivity contribution in [2.24, 2.45) is 0 Å². The molecule has 1 amide bonds. The highest BCUT2D eigenvalue weighted by Crippen LogP contribution is 2.25. The Morgan fingerprint density at radius 2 is 2.04 bits per heavy atom. The molecule has 2 aliphatic heterocycles. The van der Waals surface area contributed by atoms with Gasteiger partial charge in [-0.2, -0.15) is 8.78 Å². The Hall–Kier alpha value is -2.54. The molecule has 0 aliphatic carbocycles. The van der Waals surface area contributed by atoms with Crippen LogP contribution in [0.2, 0.25) is 0 Å². The van der Waals surface area contributed by atoms with Gasteiger partial charge in [-0.1, -0.05) is 6.07 Å². The monoisotopic (exact) mass is 372 g/mol. The minimum Gasteiger partial charge on any atom is -0.382 e. The highest BCUT2D eigenvalue weighted by atomic mass is 19.3. The molecule has 2 aromatic rings. The third-order valence-electron chi connectivity index (χ3n) is 5.15. The SMILES string of the molecule is O=C(CN1CCC(Nc2cccc3ncccc23)CC1)N1C=CC(F)(F)C1. The Balaban J connectivity index is 1.30. The first-order valence-electron chi connectivity index (χ1n) is 9.19. The van der Waals surface area contributed by atoms with E-state index in [0.717, 1.165) is 53.5 Å². The van der Waals surface area contributed by atoms with Crippen molar-refractivity contribution in [2.75, 3.05) is 31.5 Å². The van der Waals surface area contributed by atoms with Crippen molar-refractivity contribution in [3.63, 3.8) is 0 Å². The standard InChI is InChI=1S/C20H22F2N4O/c21-20(22)8-12-26(14-20)19(27)13-25-10-6-15(7-11-25)24-18-5-1-4-17-16(18)3-2-9-23-17/h1-5,8-9,12,15,24H,6-7,10-11,13-14H2. The summed E-state index contributed by atoms with van der Waals surface area (Å²) in [5.41, 5.74) is 2.03. The summed E-state index contributed by atoms with van der Waals surface area (Å²) in [6.07, 6.45) is 5.57. The number of aromatic nitrogens is 1. The maximum Gasteiger partial charge on any atom is 0.285 e. The first kappa shape index (κ1) is 17.9. The van der Waals surface area contributed by atoms with Crippen molar-refractivity contribution in [1.29, 1.82) is 0 Å². The summed E-state index contributed by atoms with van der Waals surface area (Å²) >= 11 is 0. The second kappa shape index (κ2) is 7.23. The number of amides is 1. The Labute approximate surface area is 156 Å². The molecule has 0 bridgehead atoms. The van der Waals surface area contributed by atoms with Crippen LogP contribution in [0.3, 0.4) is 0 Å². The van der Waals surface area contributed by atoms with Crippen LogP contribution in [-0.2, 0) is 4.79 Å². The molecule has 0 spiro atoms. The first-order chi connectivity index (χ1) is 13.0. The second-order valence-electron chi connectivity index (χ2n) is 7.17. The molecule has 0 atom stereocenters. The predicted octanol–water partition coefficient (Wildman–Crippen LogP) is 3.10. The molecule has 1 aromatic heterocycles. The number of nitrogens with zero attached hydrogens (tertiary/aromatic N) is 3. The van der Waals surface area contributed by atoms with Gasteiger partial charge in [-0.05, 0) is 37.1 Å². The molecule has 4 rings (SSSR count). The fraction of sp³-hybridized carbons (Fsp3) is 0.400. The summed E-state index contributed by atoms with van der Waals surface area (Å²) in [6, 6.07) is 10.3. The van der Waals surface area contributed by atoms with Crippen molar-refractivity contribution in [1.82, 2.24) is 14.8 Å².